The van der Waals surface area contributed by atoms with Crippen LogP contribution in [0.25, 0.3) is 11.6 Å². The zero-order valence-electron chi connectivity index (χ0n) is 14.7. The molecular weight excluding hydrogens is 280 g/mol. The summed E-state index contributed by atoms with van der Waals surface area (Å²) in [5, 5.41) is 0. The number of benzene rings is 1. The van der Waals surface area contributed by atoms with E-state index in [-0.39, 0.29) is 0 Å². The summed E-state index contributed by atoms with van der Waals surface area (Å²) in [7, 11) is 2.23. The highest BCUT2D eigenvalue weighted by atomic mass is 15.1. The van der Waals surface area contributed by atoms with Gasteiger partial charge in [-0.2, -0.15) is 0 Å². The largest absolute Gasteiger partial charge is 0.342 e. The van der Waals surface area contributed by atoms with Crippen LogP contribution in [0.3, 0.4) is 0 Å². The molecule has 0 bridgehead atoms. The van der Waals surface area contributed by atoms with Gasteiger partial charge in [-0.3, -0.25) is 0 Å². The van der Waals surface area contributed by atoms with Crippen molar-refractivity contribution in [1.82, 2.24) is 4.90 Å². The summed E-state index contributed by atoms with van der Waals surface area (Å²) in [6, 6.07) is 6.69. The van der Waals surface area contributed by atoms with Crippen molar-refractivity contribution < 1.29 is 0 Å². The number of rotatable bonds is 3. The number of nitrogens with zero attached hydrogens (tertiary/aromatic N) is 2. The number of piperidine rings is 1. The maximum absolute atomic E-state index is 4.31. The van der Waals surface area contributed by atoms with Crippen LogP contribution >= 0.6 is 0 Å². The van der Waals surface area contributed by atoms with E-state index in [4.69, 9.17) is 0 Å². The maximum Gasteiger partial charge on any atom is 0.0487 e. The van der Waals surface area contributed by atoms with Crippen molar-refractivity contribution in [3.8, 4) is 0 Å². The molecule has 0 radical (unpaired) electrons. The highest BCUT2D eigenvalue weighted by molar-refractivity contribution is 5.86. The van der Waals surface area contributed by atoms with Crippen LogP contribution in [-0.2, 0) is 0 Å². The molecule has 0 aliphatic carbocycles. The van der Waals surface area contributed by atoms with Crippen molar-refractivity contribution in [2.24, 2.45) is 11.8 Å². The fourth-order valence-electron chi connectivity index (χ4n) is 4.13. The van der Waals surface area contributed by atoms with Crippen molar-refractivity contribution in [3.05, 3.63) is 54.3 Å². The molecule has 1 fully saturated rings. The lowest BCUT2D eigenvalue weighted by Crippen LogP contribution is -2.38. The fraction of sp³-hybridized carbons (Fsp3) is 0.429. The molecular formula is C21H28N2. The second-order valence-electron chi connectivity index (χ2n) is 6.95. The van der Waals surface area contributed by atoms with E-state index in [1.54, 1.807) is 0 Å². The monoisotopic (exact) mass is 308 g/mol. The summed E-state index contributed by atoms with van der Waals surface area (Å²) in [5.41, 5.74) is 6.45. The Hall–Kier alpha value is -1.80. The lowest BCUT2D eigenvalue weighted by atomic mass is 9.76. The molecule has 0 amide bonds. The van der Waals surface area contributed by atoms with E-state index in [9.17, 15) is 0 Å². The Morgan fingerprint density at radius 2 is 2.13 bits per heavy atom. The Balaban J connectivity index is 2.07. The minimum atomic E-state index is 0.612. The summed E-state index contributed by atoms with van der Waals surface area (Å²) >= 11 is 0. The minimum Gasteiger partial charge on any atom is -0.342 e. The van der Waals surface area contributed by atoms with Gasteiger partial charge in [0.1, 0.15) is 0 Å². The van der Waals surface area contributed by atoms with Gasteiger partial charge in [0.2, 0.25) is 0 Å². The Morgan fingerprint density at radius 3 is 2.78 bits per heavy atom. The summed E-state index contributed by atoms with van der Waals surface area (Å²) in [6.45, 7) is 16.1. The molecule has 1 aromatic carbocycles. The first-order valence-electron chi connectivity index (χ1n) is 8.68. The SMILES string of the molecule is C=Cc1ccc2c(c1)C(C1CCN(C)CC1C)=CC(=C)N2CC. The molecule has 2 aliphatic rings. The van der Waals surface area contributed by atoms with Crippen LogP contribution in [0, 0.1) is 11.8 Å². The predicted molar refractivity (Wildman–Crippen MR) is 101 cm³/mol. The molecule has 2 unspecified atom stereocenters. The van der Waals surface area contributed by atoms with Crippen molar-refractivity contribution in [2.75, 3.05) is 31.6 Å². The summed E-state index contributed by atoms with van der Waals surface area (Å²) in [6.07, 6.45) is 5.49. The van der Waals surface area contributed by atoms with Gasteiger partial charge in [-0.25, -0.2) is 0 Å². The van der Waals surface area contributed by atoms with Crippen LogP contribution in [0.4, 0.5) is 5.69 Å². The normalized spacial score (nSPS) is 25.1. The first-order valence-corrected chi connectivity index (χ1v) is 8.68. The van der Waals surface area contributed by atoms with Crippen molar-refractivity contribution in [2.45, 2.75) is 20.3 Å². The van der Waals surface area contributed by atoms with E-state index in [2.05, 4.69) is 68.1 Å². The van der Waals surface area contributed by atoms with Crippen LogP contribution < -0.4 is 4.90 Å². The third kappa shape index (κ3) is 2.88. The van der Waals surface area contributed by atoms with Crippen LogP contribution in [0.5, 0.6) is 0 Å². The topological polar surface area (TPSA) is 6.48 Å². The van der Waals surface area contributed by atoms with Gasteiger partial charge in [0.15, 0.2) is 0 Å². The molecule has 0 aromatic heterocycles. The highest BCUT2D eigenvalue weighted by Crippen LogP contribution is 2.43. The van der Waals surface area contributed by atoms with Gasteiger partial charge in [0, 0.05) is 30.0 Å². The van der Waals surface area contributed by atoms with Crippen LogP contribution in [0.2, 0.25) is 0 Å². The van der Waals surface area contributed by atoms with Gasteiger partial charge in [-0.1, -0.05) is 32.2 Å². The number of fused-ring (bicyclic) bond motifs is 1. The fourth-order valence-corrected chi connectivity index (χ4v) is 4.13. The summed E-state index contributed by atoms with van der Waals surface area (Å²) in [5.74, 6) is 1.28. The predicted octanol–water partition coefficient (Wildman–Crippen LogP) is 4.65. The number of likely N-dealkylation sites (tertiary alicyclic amines) is 1. The average Bonchev–Trinajstić information content (AvgIpc) is 2.54. The lowest BCUT2D eigenvalue weighted by molar-refractivity contribution is 0.186. The Kier molecular flexibility index (Phi) is 4.45. The first-order chi connectivity index (χ1) is 11.0. The van der Waals surface area contributed by atoms with Crippen molar-refractivity contribution in [3.63, 3.8) is 0 Å². The van der Waals surface area contributed by atoms with E-state index in [0.717, 1.165) is 12.2 Å². The molecule has 2 heteroatoms. The lowest BCUT2D eigenvalue weighted by Gasteiger charge is -2.40. The molecule has 122 valence electrons. The number of anilines is 1. The zero-order chi connectivity index (χ0) is 16.6. The van der Waals surface area contributed by atoms with Gasteiger partial charge in [0.05, 0.1) is 0 Å². The van der Waals surface area contributed by atoms with E-state index >= 15 is 0 Å². The highest BCUT2D eigenvalue weighted by Gasteiger charge is 2.31. The maximum atomic E-state index is 4.31. The zero-order valence-corrected chi connectivity index (χ0v) is 14.7. The van der Waals surface area contributed by atoms with Crippen LogP contribution in [0.15, 0.2) is 43.1 Å². The van der Waals surface area contributed by atoms with Crippen molar-refractivity contribution in [1.29, 1.82) is 0 Å². The summed E-state index contributed by atoms with van der Waals surface area (Å²) in [4.78, 5) is 4.75. The Labute approximate surface area is 140 Å². The van der Waals surface area contributed by atoms with Gasteiger partial charge in [-0.15, -0.1) is 0 Å². The molecule has 0 saturated carbocycles. The van der Waals surface area contributed by atoms with E-state index in [1.165, 1.54) is 41.9 Å². The number of allylic oxidation sites excluding steroid dienone is 2. The van der Waals surface area contributed by atoms with E-state index in [1.807, 2.05) is 6.08 Å². The molecule has 1 aromatic rings. The van der Waals surface area contributed by atoms with Gasteiger partial charge < -0.3 is 9.80 Å². The molecule has 2 atom stereocenters. The standard InChI is InChI=1S/C21H28N2/c1-6-17-8-9-21-20(13-17)19(12-16(4)23(21)7-2)18-10-11-22(5)14-15(18)3/h6,8-9,12-13,15,18H,1,4,7,10-11,14H2,2-3,5H3. The van der Waals surface area contributed by atoms with Crippen molar-refractivity contribution >= 4 is 17.3 Å². The van der Waals surface area contributed by atoms with Gasteiger partial charge in [-0.05, 0) is 68.1 Å². The first kappa shape index (κ1) is 16.1. The minimum absolute atomic E-state index is 0.612. The van der Waals surface area contributed by atoms with Gasteiger partial charge in [0.25, 0.3) is 0 Å². The molecule has 2 aliphatic heterocycles. The molecule has 2 heterocycles. The quantitative estimate of drug-likeness (QED) is 0.801. The number of likely N-dealkylation sites (N-methyl/N-ethyl adjacent to an activating group) is 1. The number of hydrogen-bond donors (Lipinski definition) is 0. The molecule has 3 rings (SSSR count). The smallest absolute Gasteiger partial charge is 0.0487 e. The third-order valence-corrected chi connectivity index (χ3v) is 5.35. The Bertz CT molecular complexity index is 656. The van der Waals surface area contributed by atoms with Crippen LogP contribution in [-0.4, -0.2) is 31.6 Å². The summed E-state index contributed by atoms with van der Waals surface area (Å²) < 4.78 is 0. The molecule has 0 N–H and O–H groups in total. The van der Waals surface area contributed by atoms with Crippen LogP contribution in [0.1, 0.15) is 31.4 Å². The van der Waals surface area contributed by atoms with E-state index in [0.29, 0.717) is 11.8 Å². The van der Waals surface area contributed by atoms with Gasteiger partial charge >= 0.3 is 0 Å². The molecule has 23 heavy (non-hydrogen) atoms. The van der Waals surface area contributed by atoms with E-state index < -0.39 is 0 Å². The Morgan fingerprint density at radius 1 is 1.35 bits per heavy atom. The third-order valence-electron chi connectivity index (χ3n) is 5.35. The second kappa shape index (κ2) is 6.37. The average molecular weight is 308 g/mol. The second-order valence-corrected chi connectivity index (χ2v) is 6.95. The number of hydrogen-bond acceptors (Lipinski definition) is 2. The molecule has 1 saturated heterocycles. The molecule has 0 spiro atoms. The molecule has 2 nitrogen and oxygen atoms in total.